The van der Waals surface area contributed by atoms with E-state index < -0.39 is 5.97 Å². The highest BCUT2D eigenvalue weighted by molar-refractivity contribution is 5.86. The second kappa shape index (κ2) is 3.58. The van der Waals surface area contributed by atoms with Crippen molar-refractivity contribution in [2.45, 2.75) is 6.92 Å². The first-order chi connectivity index (χ1) is 5.77. The van der Waals surface area contributed by atoms with Gasteiger partial charge in [-0.2, -0.15) is 4.98 Å². The van der Waals surface area contributed by atoms with E-state index in [9.17, 15) is 4.79 Å². The van der Waals surface area contributed by atoms with Gasteiger partial charge in [-0.15, -0.1) is 6.42 Å². The summed E-state index contributed by atoms with van der Waals surface area (Å²) in [5.41, 5.74) is 0.102. The van der Waals surface area contributed by atoms with Crippen molar-refractivity contribution in [3.63, 3.8) is 0 Å². The Kier molecular flexibility index (Phi) is 2.49. The molecule has 0 aromatic carbocycles. The standard InChI is InChI=1S/C8H7NO3/c1-3-7-9-6(5-12-7)8(10)11-4-2/h1,5H,4H2,2H3. The fraction of sp³-hybridized carbons (Fsp3) is 0.250. The summed E-state index contributed by atoms with van der Waals surface area (Å²) in [7, 11) is 0. The van der Waals surface area contributed by atoms with Crippen LogP contribution in [0.2, 0.25) is 0 Å². The number of oxazole rings is 1. The van der Waals surface area contributed by atoms with Crippen molar-refractivity contribution >= 4 is 5.97 Å². The molecule has 1 aromatic rings. The van der Waals surface area contributed by atoms with Crippen molar-refractivity contribution in [3.05, 3.63) is 17.8 Å². The van der Waals surface area contributed by atoms with Crippen LogP contribution in [0.5, 0.6) is 0 Å². The zero-order valence-electron chi connectivity index (χ0n) is 6.53. The Bertz CT molecular complexity index is 321. The summed E-state index contributed by atoms with van der Waals surface area (Å²) in [6.45, 7) is 2.01. The van der Waals surface area contributed by atoms with E-state index in [2.05, 4.69) is 15.6 Å². The number of rotatable bonds is 2. The second-order valence-electron chi connectivity index (χ2n) is 1.90. The number of aromatic nitrogens is 1. The molecule has 0 N–H and O–H groups in total. The van der Waals surface area contributed by atoms with Gasteiger partial charge in [-0.25, -0.2) is 4.79 Å². The topological polar surface area (TPSA) is 52.3 Å². The molecule has 0 atom stereocenters. The lowest BCUT2D eigenvalue weighted by molar-refractivity contribution is 0.0519. The number of carbonyl (C=O) groups excluding carboxylic acids is 1. The molecule has 0 aliphatic carbocycles. The Morgan fingerprint density at radius 3 is 3.17 bits per heavy atom. The van der Waals surface area contributed by atoms with Crippen LogP contribution in [0.4, 0.5) is 0 Å². The van der Waals surface area contributed by atoms with Crippen LogP contribution in [0, 0.1) is 12.3 Å². The molecule has 1 heterocycles. The first kappa shape index (κ1) is 8.34. The Labute approximate surface area is 69.5 Å². The van der Waals surface area contributed by atoms with Gasteiger partial charge in [-0.1, -0.05) is 0 Å². The van der Waals surface area contributed by atoms with Crippen molar-refractivity contribution in [2.24, 2.45) is 0 Å². The molecule has 0 aliphatic rings. The lowest BCUT2D eigenvalue weighted by Gasteiger charge is -1.94. The third-order valence-electron chi connectivity index (χ3n) is 1.11. The van der Waals surface area contributed by atoms with Gasteiger partial charge in [0.05, 0.1) is 6.61 Å². The van der Waals surface area contributed by atoms with Crippen LogP contribution in [-0.2, 0) is 4.74 Å². The molecule has 1 rings (SSSR count). The molecule has 0 aliphatic heterocycles. The summed E-state index contributed by atoms with van der Waals surface area (Å²) in [5, 5.41) is 0. The number of ether oxygens (including phenoxy) is 1. The molecule has 0 radical (unpaired) electrons. The zero-order chi connectivity index (χ0) is 8.97. The van der Waals surface area contributed by atoms with Crippen LogP contribution in [-0.4, -0.2) is 17.6 Å². The normalized spacial score (nSPS) is 9.00. The summed E-state index contributed by atoms with van der Waals surface area (Å²) < 4.78 is 9.39. The van der Waals surface area contributed by atoms with Crippen molar-refractivity contribution in [2.75, 3.05) is 6.61 Å². The molecule has 0 amide bonds. The van der Waals surface area contributed by atoms with E-state index in [0.717, 1.165) is 0 Å². The Morgan fingerprint density at radius 2 is 2.67 bits per heavy atom. The van der Waals surface area contributed by atoms with E-state index in [0.29, 0.717) is 6.61 Å². The van der Waals surface area contributed by atoms with Crippen LogP contribution in [0.3, 0.4) is 0 Å². The minimum Gasteiger partial charge on any atom is -0.461 e. The maximum absolute atomic E-state index is 11.0. The van der Waals surface area contributed by atoms with Gasteiger partial charge in [0.15, 0.2) is 5.69 Å². The smallest absolute Gasteiger partial charge is 0.360 e. The molecule has 0 unspecified atom stereocenters. The molecular weight excluding hydrogens is 158 g/mol. The number of esters is 1. The number of nitrogens with zero attached hydrogens (tertiary/aromatic N) is 1. The highest BCUT2D eigenvalue weighted by Gasteiger charge is 2.11. The molecule has 4 nitrogen and oxygen atoms in total. The van der Waals surface area contributed by atoms with Crippen LogP contribution < -0.4 is 0 Å². The predicted molar refractivity (Wildman–Crippen MR) is 40.4 cm³/mol. The summed E-state index contributed by atoms with van der Waals surface area (Å²) in [5.74, 6) is 1.72. The molecule has 0 fully saturated rings. The van der Waals surface area contributed by atoms with E-state index in [4.69, 9.17) is 10.8 Å². The molecule has 0 bridgehead atoms. The van der Waals surface area contributed by atoms with Crippen molar-refractivity contribution in [3.8, 4) is 12.3 Å². The van der Waals surface area contributed by atoms with E-state index in [1.54, 1.807) is 6.92 Å². The molecular formula is C8H7NO3. The van der Waals surface area contributed by atoms with Gasteiger partial charge in [0, 0.05) is 0 Å². The number of terminal acetylenes is 1. The van der Waals surface area contributed by atoms with Crippen LogP contribution in [0.1, 0.15) is 23.3 Å². The zero-order valence-corrected chi connectivity index (χ0v) is 6.53. The average Bonchev–Trinajstić information content (AvgIpc) is 2.52. The first-order valence-electron chi connectivity index (χ1n) is 3.37. The molecule has 1 aromatic heterocycles. The van der Waals surface area contributed by atoms with E-state index in [1.165, 1.54) is 6.26 Å². The number of hydrogen-bond donors (Lipinski definition) is 0. The van der Waals surface area contributed by atoms with Gasteiger partial charge in [-0.05, 0) is 12.8 Å². The minimum absolute atomic E-state index is 0.0815. The van der Waals surface area contributed by atoms with Crippen LogP contribution >= 0.6 is 0 Å². The van der Waals surface area contributed by atoms with Crippen molar-refractivity contribution in [1.29, 1.82) is 0 Å². The van der Waals surface area contributed by atoms with Gasteiger partial charge in [0.1, 0.15) is 6.26 Å². The summed E-state index contributed by atoms with van der Waals surface area (Å²) >= 11 is 0. The third kappa shape index (κ3) is 1.64. The molecule has 0 spiro atoms. The van der Waals surface area contributed by atoms with Gasteiger partial charge in [0.25, 0.3) is 5.89 Å². The van der Waals surface area contributed by atoms with Gasteiger partial charge < -0.3 is 9.15 Å². The maximum atomic E-state index is 11.0. The fourth-order valence-corrected chi connectivity index (χ4v) is 0.639. The Balaban J connectivity index is 2.76. The largest absolute Gasteiger partial charge is 0.461 e. The Hall–Kier alpha value is -1.76. The molecule has 62 valence electrons. The first-order valence-corrected chi connectivity index (χ1v) is 3.37. The molecule has 0 saturated carbocycles. The summed E-state index contributed by atoms with van der Waals surface area (Å²) in [4.78, 5) is 14.6. The summed E-state index contributed by atoms with van der Waals surface area (Å²) in [6, 6.07) is 0. The number of hydrogen-bond acceptors (Lipinski definition) is 4. The van der Waals surface area contributed by atoms with E-state index >= 15 is 0 Å². The molecule has 12 heavy (non-hydrogen) atoms. The Morgan fingerprint density at radius 1 is 1.92 bits per heavy atom. The van der Waals surface area contributed by atoms with Gasteiger partial charge >= 0.3 is 5.97 Å². The summed E-state index contributed by atoms with van der Waals surface area (Å²) in [6.07, 6.45) is 6.15. The second-order valence-corrected chi connectivity index (χ2v) is 1.90. The predicted octanol–water partition coefficient (Wildman–Crippen LogP) is 0.833. The maximum Gasteiger partial charge on any atom is 0.360 e. The quantitative estimate of drug-likeness (QED) is 0.481. The lowest BCUT2D eigenvalue weighted by Crippen LogP contribution is -2.04. The van der Waals surface area contributed by atoms with E-state index in [-0.39, 0.29) is 11.6 Å². The average molecular weight is 165 g/mol. The fourth-order valence-electron chi connectivity index (χ4n) is 0.639. The highest BCUT2D eigenvalue weighted by Crippen LogP contribution is 2.01. The highest BCUT2D eigenvalue weighted by atomic mass is 16.5. The molecule has 0 saturated heterocycles. The van der Waals surface area contributed by atoms with Gasteiger partial charge in [0.2, 0.25) is 0 Å². The van der Waals surface area contributed by atoms with Crippen molar-refractivity contribution in [1.82, 2.24) is 4.98 Å². The van der Waals surface area contributed by atoms with Crippen LogP contribution in [0.15, 0.2) is 10.7 Å². The van der Waals surface area contributed by atoms with Gasteiger partial charge in [-0.3, -0.25) is 0 Å². The third-order valence-corrected chi connectivity index (χ3v) is 1.11. The lowest BCUT2D eigenvalue weighted by atomic mass is 10.5. The van der Waals surface area contributed by atoms with Crippen molar-refractivity contribution < 1.29 is 13.9 Å². The SMILES string of the molecule is C#Cc1nc(C(=O)OCC)co1. The van der Waals surface area contributed by atoms with Crippen LogP contribution in [0.25, 0.3) is 0 Å². The minimum atomic E-state index is -0.525. The number of carbonyl (C=O) groups is 1. The monoisotopic (exact) mass is 165 g/mol. The van der Waals surface area contributed by atoms with E-state index in [1.807, 2.05) is 0 Å². The molecule has 4 heteroatoms.